The Morgan fingerprint density at radius 3 is 1.33 bits per heavy atom. The van der Waals surface area contributed by atoms with Gasteiger partial charge in [-0.1, -0.05) is 0 Å². The van der Waals surface area contributed by atoms with Gasteiger partial charge in [0.15, 0.2) is 0 Å². The van der Waals surface area contributed by atoms with Crippen LogP contribution in [0.4, 0.5) is 0 Å². The van der Waals surface area contributed by atoms with Crippen molar-refractivity contribution >= 4 is 0 Å². The summed E-state index contributed by atoms with van der Waals surface area (Å²) >= 11 is -1.33. The Kier molecular flexibility index (Phi) is 2.57. The van der Waals surface area contributed by atoms with Crippen LogP contribution in [0.2, 0.25) is 18.2 Å². The predicted molar refractivity (Wildman–Crippen MR) is 28.1 cm³/mol. The topological polar surface area (TPSA) is 0 Å². The Morgan fingerprint density at radius 2 is 1.33 bits per heavy atom. The van der Waals surface area contributed by atoms with Crippen LogP contribution in [0.15, 0.2) is 0 Å². The van der Waals surface area contributed by atoms with E-state index >= 15 is 0 Å². The van der Waals surface area contributed by atoms with Crippen molar-refractivity contribution in [1.29, 1.82) is 0 Å². The predicted octanol–water partition coefficient (Wildman–Crippen LogP) is 2.72. The zero-order valence-corrected chi connectivity index (χ0v) is 8.80. The molecule has 6 heavy (non-hydrogen) atoms. The van der Waals surface area contributed by atoms with Gasteiger partial charge in [-0.2, -0.15) is 0 Å². The van der Waals surface area contributed by atoms with Crippen molar-refractivity contribution in [2.24, 2.45) is 0 Å². The summed E-state index contributed by atoms with van der Waals surface area (Å²) < 4.78 is 8.89. The molecule has 0 nitrogen and oxygen atoms in total. The van der Waals surface area contributed by atoms with E-state index < -0.39 is 20.0 Å². The quantitative estimate of drug-likeness (QED) is 0.630. The Balaban J connectivity index is 3.17. The average Bonchev–Trinajstić information content (AvgIpc) is 1.35. The van der Waals surface area contributed by atoms with Crippen LogP contribution in [-0.2, 0) is 20.0 Å². The van der Waals surface area contributed by atoms with Gasteiger partial charge in [0, 0.05) is 0 Å². The standard InChI is InChI=1S/C2H5.3CH3.Hf/c1-2;;;;/h1H2,2H3;3*1H3;. The van der Waals surface area contributed by atoms with Crippen LogP contribution in [-0.4, -0.2) is 0 Å². The average molecular weight is 253 g/mol. The van der Waals surface area contributed by atoms with Gasteiger partial charge in [0.2, 0.25) is 0 Å². The van der Waals surface area contributed by atoms with Gasteiger partial charge in [-0.3, -0.25) is 0 Å². The first-order chi connectivity index (χ1) is 2.56. The minimum atomic E-state index is -1.33. The minimum absolute atomic E-state index is 1.33. The summed E-state index contributed by atoms with van der Waals surface area (Å²) in [5.41, 5.74) is 0. The molecule has 0 aliphatic carbocycles. The molecular weight excluding hydrogens is 239 g/mol. The van der Waals surface area contributed by atoms with Crippen LogP contribution in [0.5, 0.6) is 0 Å². The van der Waals surface area contributed by atoms with E-state index in [0.29, 0.717) is 0 Å². The zero-order valence-electron chi connectivity index (χ0n) is 5.21. The van der Waals surface area contributed by atoms with Crippen molar-refractivity contribution in [3.63, 3.8) is 0 Å². The van der Waals surface area contributed by atoms with Crippen LogP contribution >= 0.6 is 0 Å². The Hall–Kier alpha value is 0.870. The van der Waals surface area contributed by atoms with Crippen molar-refractivity contribution in [3.8, 4) is 0 Å². The summed E-state index contributed by atoms with van der Waals surface area (Å²) in [5.74, 6) is 0. The van der Waals surface area contributed by atoms with E-state index in [1.165, 1.54) is 4.18 Å². The monoisotopic (exact) mass is 254 g/mol. The third kappa shape index (κ3) is 4.87. The van der Waals surface area contributed by atoms with E-state index in [4.69, 9.17) is 0 Å². The van der Waals surface area contributed by atoms with Crippen molar-refractivity contribution in [2.45, 2.75) is 25.1 Å². The van der Waals surface area contributed by atoms with Gasteiger partial charge in [0.1, 0.15) is 0 Å². The van der Waals surface area contributed by atoms with E-state index in [0.717, 1.165) is 0 Å². The molecule has 0 rings (SSSR count). The molecule has 0 N–H and O–H groups in total. The van der Waals surface area contributed by atoms with Gasteiger partial charge in [-0.15, -0.1) is 0 Å². The molecule has 1 heteroatoms. The van der Waals surface area contributed by atoms with E-state index in [-0.39, 0.29) is 0 Å². The van der Waals surface area contributed by atoms with Crippen LogP contribution < -0.4 is 0 Å². The van der Waals surface area contributed by atoms with Crippen LogP contribution in [0.25, 0.3) is 0 Å². The first-order valence-electron chi connectivity index (χ1n) is 2.56. The summed E-state index contributed by atoms with van der Waals surface area (Å²) in [6, 6.07) is 0. The first kappa shape index (κ1) is 6.87. The van der Waals surface area contributed by atoms with Crippen LogP contribution in [0, 0.1) is 0 Å². The van der Waals surface area contributed by atoms with Gasteiger partial charge in [-0.25, -0.2) is 0 Å². The fourth-order valence-corrected chi connectivity index (χ4v) is 0. The summed E-state index contributed by atoms with van der Waals surface area (Å²) in [4.78, 5) is 0. The molecule has 0 bridgehead atoms. The molecule has 38 valence electrons. The molecule has 0 amide bonds. The van der Waals surface area contributed by atoms with E-state index in [9.17, 15) is 0 Å². The fourth-order valence-electron chi connectivity index (χ4n) is 0. The van der Waals surface area contributed by atoms with Crippen molar-refractivity contribution in [3.05, 3.63) is 0 Å². The molecule has 0 aromatic carbocycles. The molecule has 0 aliphatic rings. The molecule has 0 atom stereocenters. The second-order valence-electron chi connectivity index (χ2n) is 2.91. The number of hydrogen-bond acceptors (Lipinski definition) is 0. The second-order valence-corrected chi connectivity index (χ2v) is 23.9. The van der Waals surface area contributed by atoms with E-state index in [2.05, 4.69) is 21.0 Å². The third-order valence-corrected chi connectivity index (χ3v) is 8.68. The Labute approximate surface area is 45.3 Å². The molecule has 0 aromatic heterocycles. The Morgan fingerprint density at radius 1 is 1.17 bits per heavy atom. The zero-order chi connectivity index (χ0) is 5.21. The normalized spacial score (nSPS) is 12.0. The van der Waals surface area contributed by atoms with Gasteiger partial charge in [-0.05, 0) is 0 Å². The van der Waals surface area contributed by atoms with Gasteiger partial charge >= 0.3 is 45.1 Å². The summed E-state index contributed by atoms with van der Waals surface area (Å²) in [6.45, 7) is 2.31. The SMILES string of the molecule is C[CH2][Hf]([CH3])([CH3])[CH3]. The van der Waals surface area contributed by atoms with Crippen LogP contribution in [0.1, 0.15) is 6.92 Å². The first-order valence-corrected chi connectivity index (χ1v) is 15.9. The van der Waals surface area contributed by atoms with Crippen molar-refractivity contribution in [2.75, 3.05) is 0 Å². The summed E-state index contributed by atoms with van der Waals surface area (Å²) in [5, 5.41) is 0. The fraction of sp³-hybridized carbons (Fsp3) is 1.00. The molecule has 0 radical (unpaired) electrons. The molecule has 0 aliphatic heterocycles. The second kappa shape index (κ2) is 2.25. The van der Waals surface area contributed by atoms with Crippen LogP contribution in [0.3, 0.4) is 0 Å². The van der Waals surface area contributed by atoms with E-state index in [1.54, 1.807) is 0 Å². The molecule has 0 unspecified atom stereocenters. The number of hydrogen-bond donors (Lipinski definition) is 0. The van der Waals surface area contributed by atoms with Gasteiger partial charge < -0.3 is 0 Å². The van der Waals surface area contributed by atoms with E-state index in [1.807, 2.05) is 0 Å². The van der Waals surface area contributed by atoms with Gasteiger partial charge in [0.25, 0.3) is 0 Å². The van der Waals surface area contributed by atoms with Crippen molar-refractivity contribution < 1.29 is 20.0 Å². The Bertz CT molecular complexity index is 33.7. The van der Waals surface area contributed by atoms with Crippen molar-refractivity contribution in [1.82, 2.24) is 0 Å². The summed E-state index contributed by atoms with van der Waals surface area (Å²) in [6.07, 6.45) is 0. The molecule has 0 spiro atoms. The molecular formula is C5H14Hf. The summed E-state index contributed by atoms with van der Waals surface area (Å²) in [7, 11) is 0. The molecule has 0 aromatic rings. The van der Waals surface area contributed by atoms with Gasteiger partial charge in [0.05, 0.1) is 0 Å². The molecule has 0 heterocycles. The molecule has 0 saturated carbocycles. The maximum absolute atomic E-state index is 2.47. The third-order valence-electron chi connectivity index (χ3n) is 1.06. The molecule has 0 fully saturated rings. The maximum atomic E-state index is 2.47. The number of rotatable bonds is 1. The molecule has 0 saturated heterocycles.